The second kappa shape index (κ2) is 6.65. The number of aryl methyl sites for hydroxylation is 1. The molecular weight excluding hydrogens is 366 g/mol. The van der Waals surface area contributed by atoms with Crippen molar-refractivity contribution in [3.8, 4) is 0 Å². The SMILES string of the molecule is CS(=O)(=O)N1CCN(C(=O)CCc2ccncc2)[C@@H]2CS(=O)(=O)C[C@@H]21. The molecule has 2 atom stereocenters. The molecule has 0 spiro atoms. The molecule has 1 aromatic heterocycles. The van der Waals surface area contributed by atoms with E-state index >= 15 is 0 Å². The fourth-order valence-corrected chi connectivity index (χ4v) is 6.78. The molecule has 2 aliphatic heterocycles. The summed E-state index contributed by atoms with van der Waals surface area (Å²) in [4.78, 5) is 18.1. The molecule has 0 bridgehead atoms. The monoisotopic (exact) mass is 387 g/mol. The maximum Gasteiger partial charge on any atom is 0.223 e. The lowest BCUT2D eigenvalue weighted by Gasteiger charge is -2.42. The van der Waals surface area contributed by atoms with Gasteiger partial charge in [-0.25, -0.2) is 16.8 Å². The standard InChI is InChI=1S/C15H21N3O5S2/c1-24(20,21)18-9-8-17(13-10-25(22,23)11-14(13)18)15(19)3-2-12-4-6-16-7-5-12/h4-7,13-14H,2-3,8-11H2,1H3/t13-,14+/m1/s1. The Morgan fingerprint density at radius 1 is 1.20 bits per heavy atom. The first-order valence-electron chi connectivity index (χ1n) is 8.03. The van der Waals surface area contributed by atoms with Crippen molar-refractivity contribution in [1.82, 2.24) is 14.2 Å². The van der Waals surface area contributed by atoms with Crippen LogP contribution >= 0.6 is 0 Å². The fourth-order valence-electron chi connectivity index (χ4n) is 3.59. The van der Waals surface area contributed by atoms with Crippen LogP contribution in [0.15, 0.2) is 24.5 Å². The number of sulfone groups is 1. The normalized spacial score (nSPS) is 26.4. The average Bonchev–Trinajstić information content (AvgIpc) is 2.86. The third-order valence-electron chi connectivity index (χ3n) is 4.75. The van der Waals surface area contributed by atoms with Gasteiger partial charge in [-0.3, -0.25) is 9.78 Å². The molecule has 1 amide bonds. The minimum atomic E-state index is -3.51. The van der Waals surface area contributed by atoms with Crippen LogP contribution in [0.4, 0.5) is 0 Å². The van der Waals surface area contributed by atoms with Crippen molar-refractivity contribution in [2.24, 2.45) is 0 Å². The van der Waals surface area contributed by atoms with Crippen molar-refractivity contribution < 1.29 is 21.6 Å². The number of carbonyl (C=O) groups excluding carboxylic acids is 1. The fraction of sp³-hybridized carbons (Fsp3) is 0.600. The summed E-state index contributed by atoms with van der Waals surface area (Å²) in [5.74, 6) is -0.541. The molecule has 0 radical (unpaired) electrons. The molecule has 8 nitrogen and oxygen atoms in total. The van der Waals surface area contributed by atoms with Crippen LogP contribution in [0, 0.1) is 0 Å². The molecule has 3 rings (SSSR count). The predicted octanol–water partition coefficient (Wildman–Crippen LogP) is -0.716. The topological polar surface area (TPSA) is 105 Å². The number of hydrogen-bond donors (Lipinski definition) is 0. The Hall–Kier alpha value is -1.52. The highest BCUT2D eigenvalue weighted by molar-refractivity contribution is 7.92. The van der Waals surface area contributed by atoms with E-state index in [2.05, 4.69) is 4.98 Å². The number of amides is 1. The smallest absolute Gasteiger partial charge is 0.223 e. The number of hydrogen-bond acceptors (Lipinski definition) is 6. The Labute approximate surface area is 147 Å². The Morgan fingerprint density at radius 3 is 2.48 bits per heavy atom. The Bertz CT molecular complexity index is 854. The minimum absolute atomic E-state index is 0.135. The van der Waals surface area contributed by atoms with Crippen LogP contribution in [0.25, 0.3) is 0 Å². The largest absolute Gasteiger partial charge is 0.336 e. The minimum Gasteiger partial charge on any atom is -0.336 e. The molecule has 138 valence electrons. The van der Waals surface area contributed by atoms with Gasteiger partial charge < -0.3 is 4.90 Å². The highest BCUT2D eigenvalue weighted by atomic mass is 32.2. The Morgan fingerprint density at radius 2 is 1.84 bits per heavy atom. The van der Waals surface area contributed by atoms with Crippen LogP contribution < -0.4 is 0 Å². The lowest BCUT2D eigenvalue weighted by molar-refractivity contribution is -0.135. The van der Waals surface area contributed by atoms with E-state index in [-0.39, 0.29) is 36.9 Å². The molecule has 0 N–H and O–H groups in total. The third kappa shape index (κ3) is 4.01. The summed E-state index contributed by atoms with van der Waals surface area (Å²) >= 11 is 0. The van der Waals surface area contributed by atoms with E-state index in [1.165, 1.54) is 4.31 Å². The van der Waals surface area contributed by atoms with Gasteiger partial charge in [0.15, 0.2) is 9.84 Å². The van der Waals surface area contributed by atoms with Crippen molar-refractivity contribution in [3.05, 3.63) is 30.1 Å². The molecule has 2 aliphatic rings. The number of carbonyl (C=O) groups is 1. The highest BCUT2D eigenvalue weighted by Gasteiger charge is 2.50. The summed E-state index contributed by atoms with van der Waals surface area (Å²) in [5, 5.41) is 0. The molecule has 0 saturated carbocycles. The zero-order valence-electron chi connectivity index (χ0n) is 13.9. The second-order valence-electron chi connectivity index (χ2n) is 6.53. The first kappa shape index (κ1) is 18.3. The number of sulfonamides is 1. The first-order chi connectivity index (χ1) is 11.7. The third-order valence-corrected chi connectivity index (χ3v) is 7.75. The van der Waals surface area contributed by atoms with E-state index in [1.54, 1.807) is 17.3 Å². The van der Waals surface area contributed by atoms with Gasteiger partial charge in [-0.1, -0.05) is 0 Å². The zero-order valence-corrected chi connectivity index (χ0v) is 15.5. The number of piperazine rings is 1. The van der Waals surface area contributed by atoms with Gasteiger partial charge in [0.25, 0.3) is 0 Å². The summed E-state index contributed by atoms with van der Waals surface area (Å²) < 4.78 is 49.2. The average molecular weight is 387 g/mol. The van der Waals surface area contributed by atoms with E-state index in [1.807, 2.05) is 12.1 Å². The summed E-state index contributed by atoms with van der Waals surface area (Å²) in [7, 11) is -6.87. The molecule has 3 heterocycles. The van der Waals surface area contributed by atoms with Gasteiger partial charge in [-0.15, -0.1) is 0 Å². The summed E-state index contributed by atoms with van der Waals surface area (Å²) in [5.41, 5.74) is 0.980. The van der Waals surface area contributed by atoms with Gasteiger partial charge in [0, 0.05) is 31.9 Å². The van der Waals surface area contributed by atoms with Crippen molar-refractivity contribution in [2.45, 2.75) is 24.9 Å². The van der Waals surface area contributed by atoms with Gasteiger partial charge in [-0.05, 0) is 24.1 Å². The number of fused-ring (bicyclic) bond motifs is 1. The highest BCUT2D eigenvalue weighted by Crippen LogP contribution is 2.29. The van der Waals surface area contributed by atoms with E-state index in [0.29, 0.717) is 6.42 Å². The second-order valence-corrected chi connectivity index (χ2v) is 10.6. The van der Waals surface area contributed by atoms with Crippen LogP contribution in [-0.4, -0.2) is 79.9 Å². The number of nitrogens with zero attached hydrogens (tertiary/aromatic N) is 3. The Balaban J connectivity index is 1.75. The van der Waals surface area contributed by atoms with E-state index in [4.69, 9.17) is 0 Å². The van der Waals surface area contributed by atoms with Crippen LogP contribution in [0.3, 0.4) is 0 Å². The quantitative estimate of drug-likeness (QED) is 0.675. The molecule has 2 fully saturated rings. The zero-order chi connectivity index (χ0) is 18.2. The molecule has 0 unspecified atom stereocenters. The van der Waals surface area contributed by atoms with E-state index in [0.717, 1.165) is 11.8 Å². The lowest BCUT2D eigenvalue weighted by atomic mass is 10.1. The molecule has 0 aromatic carbocycles. The van der Waals surface area contributed by atoms with E-state index < -0.39 is 31.9 Å². The molecule has 2 saturated heterocycles. The van der Waals surface area contributed by atoms with Gasteiger partial charge in [0.2, 0.25) is 15.9 Å². The van der Waals surface area contributed by atoms with Crippen molar-refractivity contribution >= 4 is 25.8 Å². The molecule has 25 heavy (non-hydrogen) atoms. The molecular formula is C15H21N3O5S2. The summed E-state index contributed by atoms with van der Waals surface area (Å²) in [6.45, 7) is 0.357. The van der Waals surface area contributed by atoms with Crippen LogP contribution in [-0.2, 0) is 31.1 Å². The lowest BCUT2D eigenvalue weighted by Crippen LogP contribution is -2.61. The predicted molar refractivity (Wildman–Crippen MR) is 92.1 cm³/mol. The summed E-state index contributed by atoms with van der Waals surface area (Å²) in [6, 6.07) is 2.38. The number of pyridine rings is 1. The molecule has 10 heteroatoms. The van der Waals surface area contributed by atoms with Crippen LogP contribution in [0.1, 0.15) is 12.0 Å². The van der Waals surface area contributed by atoms with Crippen LogP contribution in [0.5, 0.6) is 0 Å². The molecule has 1 aromatic rings. The number of aromatic nitrogens is 1. The van der Waals surface area contributed by atoms with Gasteiger partial charge in [0.05, 0.1) is 29.8 Å². The molecule has 0 aliphatic carbocycles. The number of rotatable bonds is 4. The summed E-state index contributed by atoms with van der Waals surface area (Å²) in [6.07, 6.45) is 5.19. The maximum atomic E-state index is 12.6. The maximum absolute atomic E-state index is 12.6. The first-order valence-corrected chi connectivity index (χ1v) is 11.7. The van der Waals surface area contributed by atoms with Crippen molar-refractivity contribution in [1.29, 1.82) is 0 Å². The Kier molecular flexibility index (Phi) is 4.86. The van der Waals surface area contributed by atoms with E-state index in [9.17, 15) is 21.6 Å². The van der Waals surface area contributed by atoms with Crippen molar-refractivity contribution in [3.63, 3.8) is 0 Å². The van der Waals surface area contributed by atoms with Crippen molar-refractivity contribution in [2.75, 3.05) is 30.9 Å². The van der Waals surface area contributed by atoms with Crippen LogP contribution in [0.2, 0.25) is 0 Å². The van der Waals surface area contributed by atoms with Gasteiger partial charge >= 0.3 is 0 Å². The van der Waals surface area contributed by atoms with Gasteiger partial charge in [-0.2, -0.15) is 4.31 Å². The van der Waals surface area contributed by atoms with Gasteiger partial charge in [0.1, 0.15) is 0 Å².